The molecule has 1 aliphatic heterocycles. The predicted molar refractivity (Wildman–Crippen MR) is 78.2 cm³/mol. The Hall–Kier alpha value is -2.24. The highest BCUT2D eigenvalue weighted by Gasteiger charge is 2.64. The van der Waals surface area contributed by atoms with Gasteiger partial charge in [0.1, 0.15) is 0 Å². The number of rotatable bonds is 2. The minimum atomic E-state index is -0.628. The molecule has 22 heavy (non-hydrogen) atoms. The van der Waals surface area contributed by atoms with E-state index in [2.05, 4.69) is 10.4 Å². The zero-order valence-corrected chi connectivity index (χ0v) is 12.9. The maximum atomic E-state index is 12.8. The number of amides is 3. The number of hydrazine groups is 1. The lowest BCUT2D eigenvalue weighted by Gasteiger charge is -2.47. The molecule has 2 fully saturated rings. The van der Waals surface area contributed by atoms with Crippen LogP contribution < -0.4 is 5.43 Å². The second-order valence-corrected chi connectivity index (χ2v) is 6.80. The van der Waals surface area contributed by atoms with Gasteiger partial charge in [-0.1, -0.05) is 20.8 Å². The van der Waals surface area contributed by atoms with E-state index < -0.39 is 11.3 Å². The zero-order chi connectivity index (χ0) is 16.1. The fraction of sp³-hybridized carbons (Fsp3) is 0.500. The topological polar surface area (TPSA) is 79.4 Å². The van der Waals surface area contributed by atoms with Crippen LogP contribution in [0, 0.1) is 16.7 Å². The molecule has 2 heterocycles. The van der Waals surface area contributed by atoms with Crippen LogP contribution in [0.15, 0.2) is 24.5 Å². The SMILES string of the molecule is CC1(C)[C@@H]2CC[C@]1(C)C(=O)N(NC(=O)c1ccncc1)C2=O. The van der Waals surface area contributed by atoms with Crippen molar-refractivity contribution in [3.05, 3.63) is 30.1 Å². The van der Waals surface area contributed by atoms with Crippen LogP contribution in [-0.4, -0.2) is 27.7 Å². The summed E-state index contributed by atoms with van der Waals surface area (Å²) in [5.74, 6) is -1.36. The van der Waals surface area contributed by atoms with Crippen molar-refractivity contribution in [2.24, 2.45) is 16.7 Å². The molecular weight excluding hydrogens is 282 g/mol. The Balaban J connectivity index is 1.89. The molecule has 0 radical (unpaired) electrons. The van der Waals surface area contributed by atoms with Crippen LogP contribution in [0.2, 0.25) is 0 Å². The Morgan fingerprint density at radius 2 is 1.91 bits per heavy atom. The molecule has 3 rings (SSSR count). The van der Waals surface area contributed by atoms with Crippen LogP contribution in [0.5, 0.6) is 0 Å². The van der Waals surface area contributed by atoms with Crippen LogP contribution in [-0.2, 0) is 9.59 Å². The number of carbonyl (C=O) groups excluding carboxylic acids is 3. The molecule has 6 heteroatoms. The third kappa shape index (κ3) is 1.79. The van der Waals surface area contributed by atoms with Gasteiger partial charge in [0.05, 0.1) is 5.41 Å². The van der Waals surface area contributed by atoms with Gasteiger partial charge in [0.15, 0.2) is 0 Å². The summed E-state index contributed by atoms with van der Waals surface area (Å²) in [6, 6.07) is 3.07. The molecule has 1 N–H and O–H groups in total. The van der Waals surface area contributed by atoms with Gasteiger partial charge in [-0.3, -0.25) is 24.8 Å². The molecule has 0 aromatic carbocycles. The van der Waals surface area contributed by atoms with Gasteiger partial charge in [0, 0.05) is 23.9 Å². The summed E-state index contributed by atoms with van der Waals surface area (Å²) in [6.07, 6.45) is 4.32. The minimum Gasteiger partial charge on any atom is -0.272 e. The molecule has 1 saturated carbocycles. The summed E-state index contributed by atoms with van der Waals surface area (Å²) in [4.78, 5) is 41.4. The number of aromatic nitrogens is 1. The van der Waals surface area contributed by atoms with E-state index in [4.69, 9.17) is 0 Å². The van der Waals surface area contributed by atoms with Crippen LogP contribution in [0.3, 0.4) is 0 Å². The molecule has 2 aliphatic rings. The first kappa shape index (κ1) is 14.7. The maximum absolute atomic E-state index is 12.8. The zero-order valence-electron chi connectivity index (χ0n) is 12.9. The number of pyridine rings is 1. The van der Waals surface area contributed by atoms with E-state index in [0.29, 0.717) is 18.4 Å². The van der Waals surface area contributed by atoms with Gasteiger partial charge in [-0.25, -0.2) is 0 Å². The third-order valence-corrected chi connectivity index (χ3v) is 5.58. The number of hydrogen-bond acceptors (Lipinski definition) is 4. The molecule has 1 saturated heterocycles. The standard InChI is InChI=1S/C16H19N3O3/c1-15(2)11-4-7-16(15,3)14(22)19(13(11)21)18-12(20)10-5-8-17-9-6-10/h5-6,8-9,11H,4,7H2,1-3H3,(H,18,20)/t11-,16-/m1/s1. The molecule has 116 valence electrons. The Kier molecular flexibility index (Phi) is 3.09. The average molecular weight is 301 g/mol. The molecule has 1 aromatic rings. The molecular formula is C16H19N3O3. The van der Waals surface area contributed by atoms with Gasteiger partial charge >= 0.3 is 0 Å². The minimum absolute atomic E-state index is 0.243. The van der Waals surface area contributed by atoms with Crippen molar-refractivity contribution >= 4 is 17.7 Å². The summed E-state index contributed by atoms with van der Waals surface area (Å²) in [6.45, 7) is 5.80. The Morgan fingerprint density at radius 1 is 1.27 bits per heavy atom. The Morgan fingerprint density at radius 3 is 2.55 bits per heavy atom. The summed E-state index contributed by atoms with van der Waals surface area (Å²) in [7, 11) is 0. The van der Waals surface area contributed by atoms with Crippen molar-refractivity contribution in [2.75, 3.05) is 0 Å². The number of piperidine rings is 1. The number of imide groups is 1. The van der Waals surface area contributed by atoms with Crippen LogP contribution in [0.4, 0.5) is 0 Å². The van der Waals surface area contributed by atoms with Gasteiger partial charge in [0.25, 0.3) is 17.7 Å². The van der Waals surface area contributed by atoms with E-state index in [0.717, 1.165) is 5.01 Å². The lowest BCUT2D eigenvalue weighted by Crippen LogP contribution is -2.63. The summed E-state index contributed by atoms with van der Waals surface area (Å²) in [5.41, 5.74) is 1.81. The Bertz CT molecular complexity index is 656. The van der Waals surface area contributed by atoms with Gasteiger partial charge < -0.3 is 0 Å². The molecule has 3 amide bonds. The maximum Gasteiger partial charge on any atom is 0.270 e. The molecule has 0 unspecified atom stereocenters. The van der Waals surface area contributed by atoms with E-state index >= 15 is 0 Å². The monoisotopic (exact) mass is 301 g/mol. The predicted octanol–water partition coefficient (Wildman–Crippen LogP) is 1.54. The third-order valence-electron chi connectivity index (χ3n) is 5.58. The molecule has 6 nitrogen and oxygen atoms in total. The number of nitrogens with one attached hydrogen (secondary N) is 1. The fourth-order valence-electron chi connectivity index (χ4n) is 3.59. The molecule has 2 bridgehead atoms. The lowest BCUT2D eigenvalue weighted by molar-refractivity contribution is -0.171. The second kappa shape index (κ2) is 4.63. The molecule has 0 spiro atoms. The van der Waals surface area contributed by atoms with Gasteiger partial charge in [-0.15, -0.1) is 0 Å². The number of fused-ring (bicyclic) bond motifs is 2. The van der Waals surface area contributed by atoms with Gasteiger partial charge in [0.2, 0.25) is 0 Å². The highest BCUT2D eigenvalue weighted by molar-refractivity contribution is 6.06. The van der Waals surface area contributed by atoms with Crippen molar-refractivity contribution in [1.82, 2.24) is 15.4 Å². The highest BCUT2D eigenvalue weighted by Crippen LogP contribution is 2.59. The van der Waals surface area contributed by atoms with Crippen LogP contribution in [0.1, 0.15) is 44.0 Å². The van der Waals surface area contributed by atoms with Crippen molar-refractivity contribution < 1.29 is 14.4 Å². The van der Waals surface area contributed by atoms with Crippen molar-refractivity contribution in [3.63, 3.8) is 0 Å². The van der Waals surface area contributed by atoms with Crippen molar-refractivity contribution in [2.45, 2.75) is 33.6 Å². The van der Waals surface area contributed by atoms with Gasteiger partial charge in [-0.05, 0) is 30.4 Å². The van der Waals surface area contributed by atoms with E-state index in [1.165, 1.54) is 24.5 Å². The molecule has 2 atom stereocenters. The van der Waals surface area contributed by atoms with Crippen molar-refractivity contribution in [1.29, 1.82) is 0 Å². The summed E-state index contributed by atoms with van der Waals surface area (Å²) < 4.78 is 0. The number of nitrogens with zero attached hydrogens (tertiary/aromatic N) is 2. The first-order valence-corrected chi connectivity index (χ1v) is 7.38. The van der Waals surface area contributed by atoms with Crippen LogP contribution >= 0.6 is 0 Å². The first-order valence-electron chi connectivity index (χ1n) is 7.38. The van der Waals surface area contributed by atoms with Gasteiger partial charge in [-0.2, -0.15) is 5.01 Å². The summed E-state index contributed by atoms with van der Waals surface area (Å²) >= 11 is 0. The fourth-order valence-corrected chi connectivity index (χ4v) is 3.59. The lowest BCUT2D eigenvalue weighted by atomic mass is 9.63. The first-order chi connectivity index (χ1) is 10.3. The Labute approximate surface area is 128 Å². The normalized spacial score (nSPS) is 29.6. The van der Waals surface area contributed by atoms with E-state index in [1.807, 2.05) is 20.8 Å². The molecule has 1 aliphatic carbocycles. The second-order valence-electron chi connectivity index (χ2n) is 6.80. The largest absolute Gasteiger partial charge is 0.272 e. The summed E-state index contributed by atoms with van der Waals surface area (Å²) in [5, 5.41) is 0.922. The smallest absolute Gasteiger partial charge is 0.270 e. The quantitative estimate of drug-likeness (QED) is 0.840. The average Bonchev–Trinajstić information content (AvgIpc) is 2.69. The van der Waals surface area contributed by atoms with E-state index in [-0.39, 0.29) is 23.1 Å². The number of hydrogen-bond donors (Lipinski definition) is 1. The van der Waals surface area contributed by atoms with E-state index in [1.54, 1.807) is 0 Å². The van der Waals surface area contributed by atoms with Crippen molar-refractivity contribution in [3.8, 4) is 0 Å². The van der Waals surface area contributed by atoms with Crippen LogP contribution in [0.25, 0.3) is 0 Å². The molecule has 1 aromatic heterocycles. The van der Waals surface area contributed by atoms with E-state index in [9.17, 15) is 14.4 Å². The highest BCUT2D eigenvalue weighted by atomic mass is 16.2. The number of carbonyl (C=O) groups is 3.